The molecule has 1 heterocycles. The molecule has 2 fully saturated rings. The highest BCUT2D eigenvalue weighted by molar-refractivity contribution is 5.82. The molecule has 2 aliphatic rings. The smallest absolute Gasteiger partial charge is 0.314 e. The normalized spacial score (nSPS) is 31.6. The first kappa shape index (κ1) is 21.5. The standard InChI is InChI=1S/C26H29FN2O2/c1-19-17-29(16-15-26(19,24(30)31)21-5-3-2-4-6-21)23-11-13-25(18-28,14-12-23)20-7-9-22(27)10-8-20/h2-10,19,23H,11-17H2,1H3,(H,30,31)/t19-,23-,25-,26-/m1/s1. The quantitative estimate of drug-likeness (QED) is 0.765. The minimum Gasteiger partial charge on any atom is -0.481 e. The third-order valence-corrected chi connectivity index (χ3v) is 7.75. The van der Waals surface area contributed by atoms with Crippen molar-refractivity contribution in [3.05, 3.63) is 71.5 Å². The minimum absolute atomic E-state index is 0.0131. The molecular weight excluding hydrogens is 391 g/mol. The number of hydrogen-bond donors (Lipinski definition) is 1. The van der Waals surface area contributed by atoms with E-state index in [1.54, 1.807) is 12.1 Å². The molecule has 1 saturated heterocycles. The molecule has 0 bridgehead atoms. The van der Waals surface area contributed by atoms with Crippen molar-refractivity contribution in [2.75, 3.05) is 13.1 Å². The maximum absolute atomic E-state index is 13.3. The lowest BCUT2D eigenvalue weighted by Gasteiger charge is -2.48. The first-order valence-electron chi connectivity index (χ1n) is 11.1. The lowest BCUT2D eigenvalue weighted by atomic mass is 9.65. The van der Waals surface area contributed by atoms with E-state index in [1.807, 2.05) is 37.3 Å². The Labute approximate surface area is 183 Å². The van der Waals surface area contributed by atoms with E-state index in [4.69, 9.17) is 0 Å². The zero-order chi connectivity index (χ0) is 22.1. The Morgan fingerprint density at radius 1 is 1.06 bits per heavy atom. The predicted molar refractivity (Wildman–Crippen MR) is 117 cm³/mol. The summed E-state index contributed by atoms with van der Waals surface area (Å²) in [5, 5.41) is 20.1. The molecule has 162 valence electrons. The van der Waals surface area contributed by atoms with Gasteiger partial charge in [0, 0.05) is 12.6 Å². The molecule has 0 aromatic heterocycles. The average molecular weight is 421 g/mol. The number of carboxylic acids is 1. The first-order valence-corrected chi connectivity index (χ1v) is 11.1. The number of likely N-dealkylation sites (tertiary alicyclic amines) is 1. The highest BCUT2D eigenvalue weighted by atomic mass is 19.1. The molecule has 2 aromatic rings. The zero-order valence-corrected chi connectivity index (χ0v) is 17.9. The van der Waals surface area contributed by atoms with Crippen molar-refractivity contribution >= 4 is 5.97 Å². The summed E-state index contributed by atoms with van der Waals surface area (Å²) in [5.74, 6) is -1.04. The molecule has 1 aliphatic heterocycles. The zero-order valence-electron chi connectivity index (χ0n) is 17.9. The van der Waals surface area contributed by atoms with Crippen molar-refractivity contribution in [1.29, 1.82) is 5.26 Å². The second kappa shape index (κ2) is 8.43. The van der Waals surface area contributed by atoms with E-state index in [2.05, 4.69) is 11.0 Å². The molecule has 1 aliphatic carbocycles. The monoisotopic (exact) mass is 420 g/mol. The van der Waals surface area contributed by atoms with Crippen LogP contribution in [0.2, 0.25) is 0 Å². The summed E-state index contributed by atoms with van der Waals surface area (Å²) in [6, 6.07) is 18.8. The molecule has 1 saturated carbocycles. The van der Waals surface area contributed by atoms with Gasteiger partial charge < -0.3 is 10.0 Å². The second-order valence-electron chi connectivity index (χ2n) is 9.22. The summed E-state index contributed by atoms with van der Waals surface area (Å²) in [6.45, 7) is 3.53. The number of piperidine rings is 1. The molecule has 31 heavy (non-hydrogen) atoms. The highest BCUT2D eigenvalue weighted by Gasteiger charge is 2.50. The summed E-state index contributed by atoms with van der Waals surface area (Å²) >= 11 is 0. The number of hydrogen-bond acceptors (Lipinski definition) is 3. The fourth-order valence-electron chi connectivity index (χ4n) is 5.80. The van der Waals surface area contributed by atoms with Crippen LogP contribution in [0.3, 0.4) is 0 Å². The van der Waals surface area contributed by atoms with Crippen LogP contribution in [0.5, 0.6) is 0 Å². The summed E-state index contributed by atoms with van der Waals surface area (Å²) in [4.78, 5) is 14.8. The van der Waals surface area contributed by atoms with Gasteiger partial charge in [-0.2, -0.15) is 5.26 Å². The van der Waals surface area contributed by atoms with Gasteiger partial charge in [0.05, 0.1) is 16.9 Å². The van der Waals surface area contributed by atoms with E-state index >= 15 is 0 Å². The van der Waals surface area contributed by atoms with E-state index < -0.39 is 16.8 Å². The average Bonchev–Trinajstić information content (AvgIpc) is 2.80. The Kier molecular flexibility index (Phi) is 5.85. The number of nitriles is 1. The van der Waals surface area contributed by atoms with Crippen LogP contribution in [0.1, 0.15) is 50.2 Å². The number of carboxylic acid groups (broad SMARTS) is 1. The van der Waals surface area contributed by atoms with Crippen LogP contribution in [0.25, 0.3) is 0 Å². The van der Waals surface area contributed by atoms with Gasteiger partial charge in [-0.25, -0.2) is 4.39 Å². The number of benzene rings is 2. The lowest BCUT2D eigenvalue weighted by Crippen LogP contribution is -2.56. The molecule has 0 amide bonds. The summed E-state index contributed by atoms with van der Waals surface area (Å²) in [7, 11) is 0. The van der Waals surface area contributed by atoms with Gasteiger partial charge in [-0.15, -0.1) is 0 Å². The SMILES string of the molecule is C[C@@H]1CN([C@H]2CC[C@](C#N)(c3ccc(F)cc3)CC2)CC[C@]1(C(=O)O)c1ccccc1. The summed E-state index contributed by atoms with van der Waals surface area (Å²) < 4.78 is 13.3. The first-order chi connectivity index (χ1) is 14.9. The lowest BCUT2D eigenvalue weighted by molar-refractivity contribution is -0.149. The van der Waals surface area contributed by atoms with E-state index in [9.17, 15) is 19.6 Å². The Morgan fingerprint density at radius 2 is 1.71 bits per heavy atom. The number of carbonyl (C=O) groups is 1. The molecule has 2 aromatic carbocycles. The number of rotatable bonds is 4. The predicted octanol–water partition coefficient (Wildman–Crippen LogP) is 4.89. The van der Waals surface area contributed by atoms with Gasteiger partial charge in [0.2, 0.25) is 0 Å². The number of aliphatic carboxylic acids is 1. The summed E-state index contributed by atoms with van der Waals surface area (Å²) in [5.41, 5.74) is 0.381. The van der Waals surface area contributed by atoms with Crippen LogP contribution in [0.15, 0.2) is 54.6 Å². The van der Waals surface area contributed by atoms with Crippen molar-refractivity contribution in [3.63, 3.8) is 0 Å². The maximum Gasteiger partial charge on any atom is 0.314 e. The topological polar surface area (TPSA) is 64.3 Å². The molecule has 4 rings (SSSR count). The minimum atomic E-state index is -0.850. The molecule has 0 spiro atoms. The number of nitrogens with zero attached hydrogens (tertiary/aromatic N) is 2. The van der Waals surface area contributed by atoms with Crippen LogP contribution >= 0.6 is 0 Å². The van der Waals surface area contributed by atoms with Crippen LogP contribution < -0.4 is 0 Å². The Balaban J connectivity index is 1.47. The van der Waals surface area contributed by atoms with Crippen LogP contribution in [-0.2, 0) is 15.6 Å². The van der Waals surface area contributed by atoms with Crippen LogP contribution in [-0.4, -0.2) is 35.1 Å². The molecule has 2 atom stereocenters. The second-order valence-corrected chi connectivity index (χ2v) is 9.22. The van der Waals surface area contributed by atoms with E-state index in [-0.39, 0.29) is 11.7 Å². The van der Waals surface area contributed by atoms with Gasteiger partial charge in [0.25, 0.3) is 0 Å². The largest absolute Gasteiger partial charge is 0.481 e. The maximum atomic E-state index is 13.3. The molecular formula is C26H29FN2O2. The molecule has 4 nitrogen and oxygen atoms in total. The van der Waals surface area contributed by atoms with Gasteiger partial charge in [-0.3, -0.25) is 4.79 Å². The Morgan fingerprint density at radius 3 is 2.26 bits per heavy atom. The fraction of sp³-hybridized carbons (Fsp3) is 0.462. The van der Waals surface area contributed by atoms with Crippen molar-refractivity contribution < 1.29 is 14.3 Å². The van der Waals surface area contributed by atoms with Crippen molar-refractivity contribution in [3.8, 4) is 6.07 Å². The van der Waals surface area contributed by atoms with Crippen molar-refractivity contribution in [2.24, 2.45) is 5.92 Å². The highest BCUT2D eigenvalue weighted by Crippen LogP contribution is 2.44. The van der Waals surface area contributed by atoms with Gasteiger partial charge >= 0.3 is 5.97 Å². The Hall–Kier alpha value is -2.71. The molecule has 0 radical (unpaired) electrons. The van der Waals surface area contributed by atoms with E-state index in [0.717, 1.165) is 49.9 Å². The van der Waals surface area contributed by atoms with Crippen LogP contribution in [0.4, 0.5) is 4.39 Å². The third-order valence-electron chi connectivity index (χ3n) is 7.75. The third kappa shape index (κ3) is 3.74. The van der Waals surface area contributed by atoms with Gasteiger partial charge in [0.15, 0.2) is 0 Å². The summed E-state index contributed by atoms with van der Waals surface area (Å²) in [6.07, 6.45) is 3.86. The molecule has 1 N–H and O–H groups in total. The van der Waals surface area contributed by atoms with Gasteiger partial charge in [-0.05, 0) is 67.8 Å². The number of halogens is 1. The molecule has 0 unspecified atom stereocenters. The van der Waals surface area contributed by atoms with Crippen molar-refractivity contribution in [1.82, 2.24) is 4.90 Å². The van der Waals surface area contributed by atoms with Gasteiger partial charge in [0.1, 0.15) is 5.82 Å². The molecule has 5 heteroatoms. The van der Waals surface area contributed by atoms with Gasteiger partial charge in [-0.1, -0.05) is 49.4 Å². The Bertz CT molecular complexity index is 961. The van der Waals surface area contributed by atoms with Crippen molar-refractivity contribution in [2.45, 2.75) is 55.9 Å². The fourth-order valence-corrected chi connectivity index (χ4v) is 5.80. The van der Waals surface area contributed by atoms with E-state index in [1.165, 1.54) is 12.1 Å². The van der Waals surface area contributed by atoms with E-state index in [0.29, 0.717) is 12.5 Å². The van der Waals surface area contributed by atoms with Crippen LogP contribution in [0, 0.1) is 23.1 Å².